The van der Waals surface area contributed by atoms with E-state index in [4.69, 9.17) is 0 Å². The number of aromatic nitrogens is 2. The molecule has 0 saturated heterocycles. The minimum absolute atomic E-state index is 0.0281. The number of carbonyl (C=O) groups is 1. The van der Waals surface area contributed by atoms with Crippen LogP contribution in [0.4, 0.5) is 0 Å². The quantitative estimate of drug-likeness (QED) is 0.595. The van der Waals surface area contributed by atoms with Crippen molar-refractivity contribution in [2.45, 2.75) is 6.92 Å². The Morgan fingerprint density at radius 2 is 2.24 bits per heavy atom. The van der Waals surface area contributed by atoms with Crippen LogP contribution in [-0.2, 0) is 7.05 Å². The Balaban J connectivity index is 2.13. The van der Waals surface area contributed by atoms with Crippen LogP contribution >= 0.6 is 0 Å². The number of hydrogen-bond donors (Lipinski definition) is 0. The van der Waals surface area contributed by atoms with E-state index in [9.17, 15) is 4.79 Å². The van der Waals surface area contributed by atoms with Crippen LogP contribution in [0.3, 0.4) is 0 Å². The van der Waals surface area contributed by atoms with Gasteiger partial charge in [-0.2, -0.15) is 5.10 Å². The molecule has 0 N–H and O–H groups in total. The van der Waals surface area contributed by atoms with E-state index in [2.05, 4.69) is 5.10 Å². The molecular weight excluding hydrogens is 212 g/mol. The summed E-state index contributed by atoms with van der Waals surface area (Å²) in [5.74, 6) is -0.0281. The maximum Gasteiger partial charge on any atom is 0.189 e. The number of aryl methyl sites for hydroxylation is 2. The third kappa shape index (κ3) is 2.91. The first-order valence-electron chi connectivity index (χ1n) is 5.43. The lowest BCUT2D eigenvalue weighted by Gasteiger charge is -1.94. The molecule has 0 atom stereocenters. The van der Waals surface area contributed by atoms with E-state index in [0.717, 1.165) is 5.56 Å². The number of hydrogen-bond acceptors (Lipinski definition) is 2. The van der Waals surface area contributed by atoms with E-state index < -0.39 is 0 Å². The molecule has 0 amide bonds. The fraction of sp³-hybridized carbons (Fsp3) is 0.143. The van der Waals surface area contributed by atoms with Crippen molar-refractivity contribution in [2.75, 3.05) is 0 Å². The lowest BCUT2D eigenvalue weighted by atomic mass is 10.1. The van der Waals surface area contributed by atoms with Gasteiger partial charge in [0.1, 0.15) is 0 Å². The molecule has 0 saturated carbocycles. The minimum Gasteiger partial charge on any atom is -0.289 e. The first-order chi connectivity index (χ1) is 8.15. The molecule has 0 unspecified atom stereocenters. The van der Waals surface area contributed by atoms with Crippen LogP contribution in [0.25, 0.3) is 6.08 Å². The zero-order valence-corrected chi connectivity index (χ0v) is 9.92. The van der Waals surface area contributed by atoms with Gasteiger partial charge in [-0.25, -0.2) is 0 Å². The standard InChI is InChI=1S/C14H14N2O/c1-11-4-3-5-12(8-11)6-7-14(17)13-9-15-16(2)10-13/h3-10H,1-2H3. The van der Waals surface area contributed by atoms with Crippen LogP contribution in [0.1, 0.15) is 21.5 Å². The summed E-state index contributed by atoms with van der Waals surface area (Å²) in [6.45, 7) is 2.03. The van der Waals surface area contributed by atoms with Crippen LogP contribution in [0.15, 0.2) is 42.7 Å². The molecule has 2 rings (SSSR count). The molecule has 1 aromatic heterocycles. The number of rotatable bonds is 3. The van der Waals surface area contributed by atoms with Crippen LogP contribution in [0.5, 0.6) is 0 Å². The van der Waals surface area contributed by atoms with E-state index in [-0.39, 0.29) is 5.78 Å². The van der Waals surface area contributed by atoms with Crippen molar-refractivity contribution >= 4 is 11.9 Å². The first-order valence-corrected chi connectivity index (χ1v) is 5.43. The Labute approximate surface area is 100 Å². The maximum absolute atomic E-state index is 11.8. The molecule has 0 aliphatic carbocycles. The van der Waals surface area contributed by atoms with Gasteiger partial charge in [-0.3, -0.25) is 9.48 Å². The second-order valence-electron chi connectivity index (χ2n) is 4.01. The molecule has 0 fully saturated rings. The second-order valence-corrected chi connectivity index (χ2v) is 4.01. The summed E-state index contributed by atoms with van der Waals surface area (Å²) in [6, 6.07) is 8.01. The zero-order chi connectivity index (χ0) is 12.3. The molecule has 0 bridgehead atoms. The summed E-state index contributed by atoms with van der Waals surface area (Å²) < 4.78 is 1.62. The Morgan fingerprint density at radius 3 is 2.88 bits per heavy atom. The Hall–Kier alpha value is -2.16. The van der Waals surface area contributed by atoms with E-state index in [1.165, 1.54) is 5.56 Å². The lowest BCUT2D eigenvalue weighted by molar-refractivity contribution is 0.104. The maximum atomic E-state index is 11.8. The largest absolute Gasteiger partial charge is 0.289 e. The first kappa shape index (κ1) is 11.3. The smallest absolute Gasteiger partial charge is 0.189 e. The van der Waals surface area contributed by atoms with Crippen molar-refractivity contribution in [3.05, 3.63) is 59.4 Å². The third-order valence-corrected chi connectivity index (χ3v) is 2.46. The Bertz CT molecular complexity index is 567. The highest BCUT2D eigenvalue weighted by molar-refractivity contribution is 6.06. The van der Waals surface area contributed by atoms with E-state index in [1.807, 2.05) is 37.3 Å². The van der Waals surface area contributed by atoms with Gasteiger partial charge in [0.25, 0.3) is 0 Å². The summed E-state index contributed by atoms with van der Waals surface area (Å²) in [5.41, 5.74) is 2.82. The molecule has 86 valence electrons. The highest BCUT2D eigenvalue weighted by atomic mass is 16.1. The van der Waals surface area contributed by atoms with Gasteiger partial charge in [0.05, 0.1) is 11.8 Å². The topological polar surface area (TPSA) is 34.9 Å². The highest BCUT2D eigenvalue weighted by Gasteiger charge is 2.03. The van der Waals surface area contributed by atoms with Crippen molar-refractivity contribution in [2.24, 2.45) is 7.05 Å². The summed E-state index contributed by atoms with van der Waals surface area (Å²) in [5, 5.41) is 3.97. The molecule has 3 nitrogen and oxygen atoms in total. The average molecular weight is 226 g/mol. The van der Waals surface area contributed by atoms with Crippen molar-refractivity contribution in [1.82, 2.24) is 9.78 Å². The van der Waals surface area contributed by atoms with Gasteiger partial charge < -0.3 is 0 Å². The molecule has 0 aliphatic rings. The molecule has 3 heteroatoms. The molecule has 0 spiro atoms. The van der Waals surface area contributed by atoms with Gasteiger partial charge in [0.15, 0.2) is 5.78 Å². The Kier molecular flexibility index (Phi) is 3.19. The lowest BCUT2D eigenvalue weighted by Crippen LogP contribution is -1.91. The molecule has 2 aromatic rings. The SMILES string of the molecule is Cc1cccc(C=CC(=O)c2cnn(C)c2)c1. The number of nitrogens with zero attached hydrogens (tertiary/aromatic N) is 2. The predicted molar refractivity (Wildman–Crippen MR) is 67.8 cm³/mol. The number of carbonyl (C=O) groups excluding carboxylic acids is 1. The number of ketones is 1. The van der Waals surface area contributed by atoms with Gasteiger partial charge >= 0.3 is 0 Å². The average Bonchev–Trinajstić information content (AvgIpc) is 2.73. The van der Waals surface area contributed by atoms with Gasteiger partial charge in [-0.05, 0) is 18.6 Å². The second kappa shape index (κ2) is 4.78. The molecule has 17 heavy (non-hydrogen) atoms. The monoisotopic (exact) mass is 226 g/mol. The zero-order valence-electron chi connectivity index (χ0n) is 9.92. The number of allylic oxidation sites excluding steroid dienone is 1. The normalized spacial score (nSPS) is 10.9. The van der Waals surface area contributed by atoms with Crippen LogP contribution in [0.2, 0.25) is 0 Å². The summed E-state index contributed by atoms with van der Waals surface area (Å²) >= 11 is 0. The van der Waals surface area contributed by atoms with E-state index >= 15 is 0 Å². The fourth-order valence-electron chi connectivity index (χ4n) is 1.59. The highest BCUT2D eigenvalue weighted by Crippen LogP contribution is 2.07. The Morgan fingerprint density at radius 1 is 1.41 bits per heavy atom. The fourth-order valence-corrected chi connectivity index (χ4v) is 1.59. The number of benzene rings is 1. The van der Waals surface area contributed by atoms with Crippen LogP contribution in [0, 0.1) is 6.92 Å². The molecule has 1 heterocycles. The van der Waals surface area contributed by atoms with Gasteiger partial charge in [0.2, 0.25) is 0 Å². The minimum atomic E-state index is -0.0281. The summed E-state index contributed by atoms with van der Waals surface area (Å²) in [7, 11) is 1.79. The van der Waals surface area contributed by atoms with E-state index in [1.54, 1.807) is 30.2 Å². The molecule has 0 radical (unpaired) electrons. The van der Waals surface area contributed by atoms with Gasteiger partial charge in [0, 0.05) is 13.2 Å². The van der Waals surface area contributed by atoms with Crippen molar-refractivity contribution in [3.8, 4) is 0 Å². The third-order valence-electron chi connectivity index (χ3n) is 2.46. The van der Waals surface area contributed by atoms with Gasteiger partial charge in [-0.1, -0.05) is 35.9 Å². The predicted octanol–water partition coefficient (Wildman–Crippen LogP) is 2.62. The van der Waals surface area contributed by atoms with Crippen LogP contribution in [-0.4, -0.2) is 15.6 Å². The van der Waals surface area contributed by atoms with Crippen molar-refractivity contribution in [3.63, 3.8) is 0 Å². The van der Waals surface area contributed by atoms with Crippen LogP contribution < -0.4 is 0 Å². The summed E-state index contributed by atoms with van der Waals surface area (Å²) in [6.07, 6.45) is 6.68. The van der Waals surface area contributed by atoms with E-state index in [0.29, 0.717) is 5.56 Å². The molecule has 1 aromatic carbocycles. The van der Waals surface area contributed by atoms with Crippen molar-refractivity contribution < 1.29 is 4.79 Å². The van der Waals surface area contributed by atoms with Crippen molar-refractivity contribution in [1.29, 1.82) is 0 Å². The molecular formula is C14H14N2O. The summed E-state index contributed by atoms with van der Waals surface area (Å²) in [4.78, 5) is 11.8. The van der Waals surface area contributed by atoms with Gasteiger partial charge in [-0.15, -0.1) is 0 Å². The molecule has 0 aliphatic heterocycles.